The van der Waals surface area contributed by atoms with Gasteiger partial charge in [0.1, 0.15) is 5.82 Å². The maximum absolute atomic E-state index is 5.81. The summed E-state index contributed by atoms with van der Waals surface area (Å²) in [4.78, 5) is 11.0. The molecule has 0 radical (unpaired) electrons. The average Bonchev–Trinajstić information content (AvgIpc) is 2.77. The van der Waals surface area contributed by atoms with E-state index in [1.54, 1.807) is 6.20 Å². The molecule has 0 aliphatic carbocycles. The van der Waals surface area contributed by atoms with Crippen LogP contribution < -0.4 is 10.6 Å². The lowest BCUT2D eigenvalue weighted by molar-refractivity contribution is 0.435. The van der Waals surface area contributed by atoms with Gasteiger partial charge in [0.2, 0.25) is 5.95 Å². The summed E-state index contributed by atoms with van der Waals surface area (Å²) < 4.78 is 0. The molecule has 108 valence electrons. The molecule has 6 heteroatoms. The Bertz CT molecular complexity index is 578. The van der Waals surface area contributed by atoms with Crippen LogP contribution in [-0.4, -0.2) is 33.3 Å². The number of rotatable bonds is 3. The predicted molar refractivity (Wildman–Crippen MR) is 80.6 cm³/mol. The first-order valence-electron chi connectivity index (χ1n) is 7.49. The number of nitrogens with zero attached hydrogens (tertiary/aromatic N) is 4. The molecule has 1 saturated heterocycles. The van der Waals surface area contributed by atoms with Gasteiger partial charge in [-0.05, 0) is 25.2 Å². The van der Waals surface area contributed by atoms with Crippen LogP contribution in [0.5, 0.6) is 0 Å². The Morgan fingerprint density at radius 2 is 2.25 bits per heavy atom. The van der Waals surface area contributed by atoms with Gasteiger partial charge in [-0.2, -0.15) is 15.1 Å². The van der Waals surface area contributed by atoms with Crippen LogP contribution in [0.15, 0.2) is 6.20 Å². The molecular formula is C14H22N6. The van der Waals surface area contributed by atoms with Crippen LogP contribution in [-0.2, 0) is 0 Å². The Hall–Kier alpha value is -1.85. The second-order valence-electron chi connectivity index (χ2n) is 5.61. The third-order valence-corrected chi connectivity index (χ3v) is 4.15. The summed E-state index contributed by atoms with van der Waals surface area (Å²) in [6.45, 7) is 4.35. The molecule has 0 bridgehead atoms. The van der Waals surface area contributed by atoms with Crippen molar-refractivity contribution in [3.63, 3.8) is 0 Å². The van der Waals surface area contributed by atoms with Gasteiger partial charge in [0.25, 0.3) is 0 Å². The molecule has 1 aliphatic heterocycles. The van der Waals surface area contributed by atoms with Crippen molar-refractivity contribution in [2.45, 2.75) is 39.0 Å². The number of H-pyrrole nitrogens is 1. The minimum atomic E-state index is 0.311. The third-order valence-electron chi connectivity index (χ3n) is 4.15. The van der Waals surface area contributed by atoms with Crippen LogP contribution in [0.1, 0.15) is 39.0 Å². The first-order chi connectivity index (χ1) is 9.78. The topological polar surface area (TPSA) is 83.7 Å². The van der Waals surface area contributed by atoms with Gasteiger partial charge in [-0.3, -0.25) is 5.10 Å². The monoisotopic (exact) mass is 274 g/mol. The van der Waals surface area contributed by atoms with Gasteiger partial charge in [-0.1, -0.05) is 19.8 Å². The van der Waals surface area contributed by atoms with Crippen molar-refractivity contribution in [1.29, 1.82) is 0 Å². The predicted octanol–water partition coefficient (Wildman–Crippen LogP) is 2.34. The zero-order valence-corrected chi connectivity index (χ0v) is 12.0. The molecule has 1 atom stereocenters. The van der Waals surface area contributed by atoms with E-state index in [9.17, 15) is 0 Å². The minimum absolute atomic E-state index is 0.311. The van der Waals surface area contributed by atoms with Gasteiger partial charge in [0, 0.05) is 13.1 Å². The third kappa shape index (κ3) is 2.55. The molecule has 1 unspecified atom stereocenters. The SMILES string of the molecule is CCCC1CCCN(c2nc(N)nc3[nH]ncc23)CC1. The largest absolute Gasteiger partial charge is 0.368 e. The molecule has 1 fully saturated rings. The number of hydrogen-bond donors (Lipinski definition) is 2. The van der Waals surface area contributed by atoms with E-state index in [-0.39, 0.29) is 0 Å². The van der Waals surface area contributed by atoms with Crippen LogP contribution in [0.25, 0.3) is 11.0 Å². The summed E-state index contributed by atoms with van der Waals surface area (Å²) in [7, 11) is 0. The summed E-state index contributed by atoms with van der Waals surface area (Å²) in [5, 5.41) is 7.90. The number of fused-ring (bicyclic) bond motifs is 1. The lowest BCUT2D eigenvalue weighted by atomic mass is 9.96. The Balaban J connectivity index is 1.85. The number of aromatic amines is 1. The molecule has 3 heterocycles. The van der Waals surface area contributed by atoms with Crippen LogP contribution in [0.3, 0.4) is 0 Å². The number of nitrogen functional groups attached to an aromatic ring is 1. The molecular weight excluding hydrogens is 252 g/mol. The van der Waals surface area contributed by atoms with E-state index in [1.165, 1.54) is 32.1 Å². The molecule has 20 heavy (non-hydrogen) atoms. The van der Waals surface area contributed by atoms with Gasteiger partial charge in [-0.25, -0.2) is 0 Å². The highest BCUT2D eigenvalue weighted by atomic mass is 15.2. The number of nitrogens with two attached hydrogens (primary N) is 1. The number of anilines is 2. The molecule has 3 rings (SSSR count). The van der Waals surface area contributed by atoms with Gasteiger partial charge in [0.05, 0.1) is 11.6 Å². The van der Waals surface area contributed by atoms with Crippen molar-refractivity contribution >= 4 is 22.8 Å². The molecule has 0 amide bonds. The fraction of sp³-hybridized carbons (Fsp3) is 0.643. The van der Waals surface area contributed by atoms with E-state index in [0.29, 0.717) is 5.95 Å². The van der Waals surface area contributed by atoms with Gasteiger partial charge >= 0.3 is 0 Å². The molecule has 2 aromatic heterocycles. The highest BCUT2D eigenvalue weighted by Gasteiger charge is 2.20. The Morgan fingerprint density at radius 1 is 1.35 bits per heavy atom. The number of aromatic nitrogens is 4. The van der Waals surface area contributed by atoms with E-state index in [2.05, 4.69) is 32.0 Å². The molecule has 0 aromatic carbocycles. The van der Waals surface area contributed by atoms with E-state index in [4.69, 9.17) is 5.73 Å². The Labute approximate surface area is 118 Å². The number of nitrogens with one attached hydrogen (secondary N) is 1. The van der Waals surface area contributed by atoms with Gasteiger partial charge in [0.15, 0.2) is 5.65 Å². The Kier molecular flexibility index (Phi) is 3.71. The maximum atomic E-state index is 5.81. The van der Waals surface area contributed by atoms with Gasteiger partial charge < -0.3 is 10.6 Å². The molecule has 3 N–H and O–H groups in total. The summed E-state index contributed by atoms with van der Waals surface area (Å²) in [6.07, 6.45) is 8.17. The summed E-state index contributed by atoms with van der Waals surface area (Å²) in [6, 6.07) is 0. The normalized spacial score (nSPS) is 20.2. The van der Waals surface area contributed by atoms with Crippen LogP contribution in [0.2, 0.25) is 0 Å². The Morgan fingerprint density at radius 3 is 3.10 bits per heavy atom. The molecule has 6 nitrogen and oxygen atoms in total. The summed E-state index contributed by atoms with van der Waals surface area (Å²) in [5.74, 6) is 2.09. The van der Waals surface area contributed by atoms with Crippen molar-refractivity contribution in [2.75, 3.05) is 23.7 Å². The van der Waals surface area contributed by atoms with E-state index < -0.39 is 0 Å². The first-order valence-corrected chi connectivity index (χ1v) is 7.49. The average molecular weight is 274 g/mol. The molecule has 0 saturated carbocycles. The van der Waals surface area contributed by atoms with Crippen LogP contribution >= 0.6 is 0 Å². The van der Waals surface area contributed by atoms with Crippen molar-refractivity contribution in [1.82, 2.24) is 20.2 Å². The van der Waals surface area contributed by atoms with E-state index in [1.807, 2.05) is 0 Å². The van der Waals surface area contributed by atoms with Crippen molar-refractivity contribution < 1.29 is 0 Å². The minimum Gasteiger partial charge on any atom is -0.368 e. The second-order valence-corrected chi connectivity index (χ2v) is 5.61. The quantitative estimate of drug-likeness (QED) is 0.897. The number of hydrogen-bond acceptors (Lipinski definition) is 5. The maximum Gasteiger partial charge on any atom is 0.224 e. The van der Waals surface area contributed by atoms with Gasteiger partial charge in [-0.15, -0.1) is 0 Å². The van der Waals surface area contributed by atoms with Crippen molar-refractivity contribution in [3.8, 4) is 0 Å². The zero-order valence-electron chi connectivity index (χ0n) is 12.0. The zero-order chi connectivity index (χ0) is 13.9. The standard InChI is InChI=1S/C14H22N6/c1-2-4-10-5-3-7-20(8-6-10)13-11-9-16-19-12(11)17-14(15)18-13/h9-10H,2-8H2,1H3,(H3,15,16,17,18,19). The lowest BCUT2D eigenvalue weighted by Crippen LogP contribution is -2.26. The lowest BCUT2D eigenvalue weighted by Gasteiger charge is -2.22. The highest BCUT2D eigenvalue weighted by molar-refractivity contribution is 5.87. The summed E-state index contributed by atoms with van der Waals surface area (Å²) >= 11 is 0. The van der Waals surface area contributed by atoms with Crippen LogP contribution in [0.4, 0.5) is 11.8 Å². The summed E-state index contributed by atoms with van der Waals surface area (Å²) in [5.41, 5.74) is 6.53. The van der Waals surface area contributed by atoms with Crippen molar-refractivity contribution in [2.24, 2.45) is 5.92 Å². The van der Waals surface area contributed by atoms with E-state index >= 15 is 0 Å². The second kappa shape index (κ2) is 5.64. The molecule has 2 aromatic rings. The smallest absolute Gasteiger partial charge is 0.224 e. The molecule has 0 spiro atoms. The van der Waals surface area contributed by atoms with E-state index in [0.717, 1.165) is 35.9 Å². The highest BCUT2D eigenvalue weighted by Crippen LogP contribution is 2.28. The van der Waals surface area contributed by atoms with Crippen LogP contribution in [0, 0.1) is 5.92 Å². The first kappa shape index (κ1) is 13.1. The fourth-order valence-electron chi connectivity index (χ4n) is 3.15. The molecule has 1 aliphatic rings. The fourth-order valence-corrected chi connectivity index (χ4v) is 3.15. The van der Waals surface area contributed by atoms with Crippen molar-refractivity contribution in [3.05, 3.63) is 6.20 Å².